The number of anilines is 2. The zero-order valence-electron chi connectivity index (χ0n) is 18.6. The molecule has 1 aliphatic rings. The second-order valence-electron chi connectivity index (χ2n) is 8.20. The normalized spacial score (nSPS) is 15.4. The van der Waals surface area contributed by atoms with Crippen molar-refractivity contribution in [2.45, 2.75) is 26.9 Å². The number of carbonyl (C=O) groups excluding carboxylic acids is 2. The summed E-state index contributed by atoms with van der Waals surface area (Å²) in [7, 11) is 0. The van der Waals surface area contributed by atoms with Gasteiger partial charge in [-0.05, 0) is 55.3 Å². The molecule has 3 aromatic rings. The second-order valence-corrected chi connectivity index (χ2v) is 8.60. The molecule has 33 heavy (non-hydrogen) atoms. The van der Waals surface area contributed by atoms with Crippen LogP contribution in [0.4, 0.5) is 11.4 Å². The molecule has 0 aromatic heterocycles. The molecular weight excluding hydrogens is 438 g/mol. The maximum absolute atomic E-state index is 12.7. The summed E-state index contributed by atoms with van der Waals surface area (Å²) in [5.74, 6) is -0.0529. The SMILES string of the molecule is Cc1ccc(N2C[C@H](C(=O)NNc3cccc(OCc4ccccc4Cl)c3)CC2=O)cc1C. The quantitative estimate of drug-likeness (QED) is 0.482. The van der Waals surface area contributed by atoms with E-state index in [2.05, 4.69) is 10.9 Å². The molecule has 0 bridgehead atoms. The third-order valence-electron chi connectivity index (χ3n) is 5.81. The van der Waals surface area contributed by atoms with Crippen LogP contribution in [0.1, 0.15) is 23.1 Å². The molecule has 3 aromatic carbocycles. The number of carbonyl (C=O) groups is 2. The van der Waals surface area contributed by atoms with Crippen molar-refractivity contribution in [3.05, 3.63) is 88.4 Å². The van der Waals surface area contributed by atoms with Crippen LogP contribution in [0.25, 0.3) is 0 Å². The van der Waals surface area contributed by atoms with Gasteiger partial charge in [0.05, 0.1) is 11.6 Å². The first-order chi connectivity index (χ1) is 15.9. The first-order valence-electron chi connectivity index (χ1n) is 10.8. The topological polar surface area (TPSA) is 70.7 Å². The van der Waals surface area contributed by atoms with Gasteiger partial charge in [-0.25, -0.2) is 0 Å². The Morgan fingerprint density at radius 2 is 1.88 bits per heavy atom. The van der Waals surface area contributed by atoms with Gasteiger partial charge in [0.1, 0.15) is 12.4 Å². The zero-order valence-corrected chi connectivity index (χ0v) is 19.4. The molecule has 170 valence electrons. The number of hydrogen-bond acceptors (Lipinski definition) is 4. The molecule has 4 rings (SSSR count). The highest BCUT2D eigenvalue weighted by Gasteiger charge is 2.35. The van der Waals surface area contributed by atoms with Gasteiger partial charge in [0, 0.05) is 35.3 Å². The number of hydrazine groups is 1. The van der Waals surface area contributed by atoms with Crippen molar-refractivity contribution in [1.29, 1.82) is 0 Å². The minimum absolute atomic E-state index is 0.0478. The summed E-state index contributed by atoms with van der Waals surface area (Å²) in [6.07, 6.45) is 0.182. The Morgan fingerprint density at radius 3 is 2.67 bits per heavy atom. The molecular formula is C26H26ClN3O3. The predicted octanol–water partition coefficient (Wildman–Crippen LogP) is 5.03. The number of nitrogens with one attached hydrogen (secondary N) is 2. The van der Waals surface area contributed by atoms with Crippen molar-refractivity contribution in [3.8, 4) is 5.75 Å². The molecule has 0 unspecified atom stereocenters. The van der Waals surface area contributed by atoms with E-state index in [0.717, 1.165) is 16.8 Å². The van der Waals surface area contributed by atoms with Crippen molar-refractivity contribution < 1.29 is 14.3 Å². The Hall–Kier alpha value is -3.51. The van der Waals surface area contributed by atoms with Gasteiger partial charge in [-0.3, -0.25) is 20.4 Å². The molecule has 0 spiro atoms. The highest BCUT2D eigenvalue weighted by Crippen LogP contribution is 2.27. The largest absolute Gasteiger partial charge is 0.489 e. The van der Waals surface area contributed by atoms with Gasteiger partial charge >= 0.3 is 0 Å². The van der Waals surface area contributed by atoms with Crippen molar-refractivity contribution in [1.82, 2.24) is 5.43 Å². The van der Waals surface area contributed by atoms with E-state index < -0.39 is 5.92 Å². The fourth-order valence-corrected chi connectivity index (χ4v) is 3.89. The Morgan fingerprint density at radius 1 is 1.06 bits per heavy atom. The predicted molar refractivity (Wildman–Crippen MR) is 130 cm³/mol. The Labute approximate surface area is 198 Å². The number of rotatable bonds is 7. The minimum Gasteiger partial charge on any atom is -0.489 e. The summed E-state index contributed by atoms with van der Waals surface area (Å²) < 4.78 is 5.83. The van der Waals surface area contributed by atoms with E-state index in [4.69, 9.17) is 16.3 Å². The Kier molecular flexibility index (Phi) is 6.84. The monoisotopic (exact) mass is 463 g/mol. The molecule has 0 saturated carbocycles. The molecule has 1 atom stereocenters. The number of benzene rings is 3. The lowest BCUT2D eigenvalue weighted by molar-refractivity contribution is -0.125. The lowest BCUT2D eigenvalue weighted by Crippen LogP contribution is -2.36. The molecule has 1 aliphatic heterocycles. The first kappa shape index (κ1) is 22.7. The van der Waals surface area contributed by atoms with Crippen LogP contribution in [0.15, 0.2) is 66.7 Å². The van der Waals surface area contributed by atoms with Crippen molar-refractivity contribution >= 4 is 34.8 Å². The molecule has 0 aliphatic carbocycles. The van der Waals surface area contributed by atoms with Crippen LogP contribution in [0.5, 0.6) is 5.75 Å². The first-order valence-corrected chi connectivity index (χ1v) is 11.2. The average Bonchev–Trinajstić information content (AvgIpc) is 3.21. The van der Waals surface area contributed by atoms with E-state index >= 15 is 0 Å². The summed E-state index contributed by atoms with van der Waals surface area (Å²) in [5.41, 5.74) is 10.3. The number of hydrogen-bond donors (Lipinski definition) is 2. The minimum atomic E-state index is -0.425. The maximum Gasteiger partial charge on any atom is 0.243 e. The smallest absolute Gasteiger partial charge is 0.243 e. The van der Waals surface area contributed by atoms with Gasteiger partial charge < -0.3 is 9.64 Å². The van der Waals surface area contributed by atoms with Gasteiger partial charge in [0.2, 0.25) is 11.8 Å². The van der Waals surface area contributed by atoms with E-state index in [-0.39, 0.29) is 18.2 Å². The third-order valence-corrected chi connectivity index (χ3v) is 6.18. The average molecular weight is 464 g/mol. The van der Waals surface area contributed by atoms with E-state index in [1.54, 1.807) is 11.0 Å². The molecule has 0 radical (unpaired) electrons. The highest BCUT2D eigenvalue weighted by molar-refractivity contribution is 6.31. The van der Waals surface area contributed by atoms with E-state index in [1.165, 1.54) is 5.56 Å². The van der Waals surface area contributed by atoms with Crippen LogP contribution in [-0.2, 0) is 16.2 Å². The number of halogens is 1. The van der Waals surface area contributed by atoms with Gasteiger partial charge in [-0.2, -0.15) is 0 Å². The van der Waals surface area contributed by atoms with Crippen molar-refractivity contribution in [3.63, 3.8) is 0 Å². The molecule has 6 nitrogen and oxygen atoms in total. The standard InChI is InChI=1S/C26H26ClN3O3/c1-17-10-11-22(12-18(17)2)30-15-20(13-25(30)31)26(32)29-28-21-7-5-8-23(14-21)33-16-19-6-3-4-9-24(19)27/h3-12,14,20,28H,13,15-16H2,1-2H3,(H,29,32)/t20-/m1/s1. The van der Waals surface area contributed by atoms with Crippen molar-refractivity contribution in [2.24, 2.45) is 5.92 Å². The number of aryl methyl sites for hydroxylation is 2. The van der Waals surface area contributed by atoms with E-state index in [1.807, 2.05) is 74.5 Å². The third kappa shape index (κ3) is 5.46. The van der Waals surface area contributed by atoms with Crippen molar-refractivity contribution in [2.75, 3.05) is 16.9 Å². The fourth-order valence-electron chi connectivity index (χ4n) is 3.70. The van der Waals surface area contributed by atoms with Gasteiger partial charge in [-0.15, -0.1) is 0 Å². The highest BCUT2D eigenvalue weighted by atomic mass is 35.5. The number of ether oxygens (including phenoxy) is 1. The molecule has 1 fully saturated rings. The second kappa shape index (κ2) is 9.96. The fraction of sp³-hybridized carbons (Fsp3) is 0.231. The zero-order chi connectivity index (χ0) is 23.4. The summed E-state index contributed by atoms with van der Waals surface area (Å²) in [6.45, 7) is 4.74. The Balaban J connectivity index is 1.32. The number of amides is 2. The summed E-state index contributed by atoms with van der Waals surface area (Å²) in [4.78, 5) is 26.9. The lowest BCUT2D eigenvalue weighted by atomic mass is 10.1. The molecule has 7 heteroatoms. The van der Waals surface area contributed by atoms with Crippen LogP contribution in [-0.4, -0.2) is 18.4 Å². The Bertz CT molecular complexity index is 1180. The van der Waals surface area contributed by atoms with Crippen LogP contribution in [0, 0.1) is 19.8 Å². The summed E-state index contributed by atoms with van der Waals surface area (Å²) in [6, 6.07) is 20.7. The molecule has 2 amide bonds. The van der Waals surface area contributed by atoms with Gasteiger partial charge in [0.15, 0.2) is 0 Å². The molecule has 2 N–H and O–H groups in total. The van der Waals surface area contributed by atoms with Gasteiger partial charge in [-0.1, -0.05) is 41.9 Å². The lowest BCUT2D eigenvalue weighted by Gasteiger charge is -2.18. The summed E-state index contributed by atoms with van der Waals surface area (Å²) in [5, 5.41) is 0.653. The van der Waals surface area contributed by atoms with Crippen LogP contribution in [0.3, 0.4) is 0 Å². The summed E-state index contributed by atoms with van der Waals surface area (Å²) >= 11 is 6.18. The molecule has 1 saturated heterocycles. The van der Waals surface area contributed by atoms with Gasteiger partial charge in [0.25, 0.3) is 0 Å². The van der Waals surface area contributed by atoms with E-state index in [9.17, 15) is 9.59 Å². The van der Waals surface area contributed by atoms with Crippen LogP contribution in [0.2, 0.25) is 5.02 Å². The maximum atomic E-state index is 12.7. The number of nitrogens with zero attached hydrogens (tertiary/aromatic N) is 1. The van der Waals surface area contributed by atoms with E-state index in [0.29, 0.717) is 29.6 Å². The van der Waals surface area contributed by atoms with Crippen LogP contribution >= 0.6 is 11.6 Å². The molecule has 1 heterocycles. The van der Waals surface area contributed by atoms with Crippen LogP contribution < -0.4 is 20.5 Å².